The summed E-state index contributed by atoms with van der Waals surface area (Å²) in [7, 11) is 1.43. The summed E-state index contributed by atoms with van der Waals surface area (Å²) in [4.78, 5) is 1.49. The van der Waals surface area contributed by atoms with E-state index in [1.807, 2.05) is 6.92 Å². The molecule has 0 spiro atoms. The van der Waals surface area contributed by atoms with Crippen molar-refractivity contribution in [3.63, 3.8) is 0 Å². The van der Waals surface area contributed by atoms with Crippen molar-refractivity contribution < 1.29 is 13.2 Å². The molecule has 0 saturated heterocycles. The average molecular weight is 228 g/mol. The van der Waals surface area contributed by atoms with Crippen LogP contribution in [0.2, 0.25) is 0 Å². The van der Waals surface area contributed by atoms with E-state index in [4.69, 9.17) is 5.73 Å². The van der Waals surface area contributed by atoms with E-state index in [1.165, 1.54) is 11.9 Å². The zero-order chi connectivity index (χ0) is 11.4. The highest BCUT2D eigenvalue weighted by molar-refractivity contribution is 7.80. The Balaban J connectivity index is 4.17. The minimum Gasteiger partial charge on any atom is -0.393 e. The second-order valence-corrected chi connectivity index (χ2v) is 3.79. The monoisotopic (exact) mass is 228 g/mol. The van der Waals surface area contributed by atoms with Gasteiger partial charge in [0.2, 0.25) is 0 Å². The van der Waals surface area contributed by atoms with Gasteiger partial charge >= 0.3 is 6.18 Å². The van der Waals surface area contributed by atoms with Crippen LogP contribution in [-0.4, -0.2) is 35.7 Å². The van der Waals surface area contributed by atoms with E-state index >= 15 is 0 Å². The molecule has 2 N–H and O–H groups in total. The Morgan fingerprint density at radius 1 is 1.50 bits per heavy atom. The van der Waals surface area contributed by atoms with E-state index in [2.05, 4.69) is 12.2 Å². The molecule has 2 nitrogen and oxygen atoms in total. The minimum atomic E-state index is -4.17. The predicted octanol–water partition coefficient (Wildman–Crippen LogP) is 1.94. The summed E-state index contributed by atoms with van der Waals surface area (Å²) in [5.41, 5.74) is 5.29. The minimum absolute atomic E-state index is 0.228. The van der Waals surface area contributed by atoms with Gasteiger partial charge < -0.3 is 5.73 Å². The lowest BCUT2D eigenvalue weighted by Crippen LogP contribution is -2.40. The zero-order valence-electron chi connectivity index (χ0n) is 8.27. The van der Waals surface area contributed by atoms with Crippen molar-refractivity contribution in [3.05, 3.63) is 0 Å². The van der Waals surface area contributed by atoms with Gasteiger partial charge in [0.25, 0.3) is 0 Å². The molecular formula is C8H15F3N2S. The molecule has 0 bridgehead atoms. The summed E-state index contributed by atoms with van der Waals surface area (Å²) >= 11 is 4.67. The van der Waals surface area contributed by atoms with Crippen molar-refractivity contribution in [1.82, 2.24) is 4.90 Å². The Labute approximate surface area is 87.2 Å². The molecule has 0 aromatic carbocycles. The van der Waals surface area contributed by atoms with Crippen LogP contribution in [0.15, 0.2) is 0 Å². The van der Waals surface area contributed by atoms with Gasteiger partial charge in [0.1, 0.15) is 0 Å². The van der Waals surface area contributed by atoms with Gasteiger partial charge in [-0.1, -0.05) is 19.1 Å². The van der Waals surface area contributed by atoms with Crippen molar-refractivity contribution in [2.45, 2.75) is 32.0 Å². The standard InChI is InChI=1S/C8H15F3N2S/c1-3-6(4-7(12)14)13(2)5-8(9,10)11/h6H,3-5H2,1-2H3,(H2,12,14). The maximum Gasteiger partial charge on any atom is 0.401 e. The van der Waals surface area contributed by atoms with Gasteiger partial charge in [-0.05, 0) is 13.5 Å². The van der Waals surface area contributed by atoms with Gasteiger partial charge in [0.15, 0.2) is 0 Å². The van der Waals surface area contributed by atoms with E-state index in [-0.39, 0.29) is 11.0 Å². The van der Waals surface area contributed by atoms with Crippen molar-refractivity contribution >= 4 is 17.2 Å². The molecule has 0 amide bonds. The molecule has 0 aromatic heterocycles. The van der Waals surface area contributed by atoms with Crippen LogP contribution in [0, 0.1) is 0 Å². The van der Waals surface area contributed by atoms with Crippen molar-refractivity contribution in [1.29, 1.82) is 0 Å². The Morgan fingerprint density at radius 2 is 2.00 bits per heavy atom. The lowest BCUT2D eigenvalue weighted by atomic mass is 10.1. The molecule has 0 aliphatic carbocycles. The molecule has 0 saturated carbocycles. The molecule has 0 fully saturated rings. The normalized spacial score (nSPS) is 14.4. The molecule has 0 radical (unpaired) electrons. The number of hydrogen-bond acceptors (Lipinski definition) is 2. The first-order chi connectivity index (χ1) is 6.26. The lowest BCUT2D eigenvalue weighted by molar-refractivity contribution is -0.147. The maximum absolute atomic E-state index is 12.0. The Kier molecular flexibility index (Phi) is 5.36. The molecule has 1 atom stereocenters. The van der Waals surface area contributed by atoms with Crippen LogP contribution in [0.1, 0.15) is 19.8 Å². The van der Waals surface area contributed by atoms with E-state index < -0.39 is 12.7 Å². The van der Waals surface area contributed by atoms with E-state index in [0.717, 1.165) is 0 Å². The van der Waals surface area contributed by atoms with Crippen molar-refractivity contribution in [2.24, 2.45) is 5.73 Å². The Bertz CT molecular complexity index is 194. The van der Waals surface area contributed by atoms with Crippen LogP contribution < -0.4 is 5.73 Å². The first-order valence-corrected chi connectivity index (χ1v) is 4.72. The van der Waals surface area contributed by atoms with E-state index in [0.29, 0.717) is 12.8 Å². The lowest BCUT2D eigenvalue weighted by Gasteiger charge is -2.27. The van der Waals surface area contributed by atoms with Crippen LogP contribution in [-0.2, 0) is 0 Å². The fraction of sp³-hybridized carbons (Fsp3) is 0.875. The first-order valence-electron chi connectivity index (χ1n) is 4.31. The average Bonchev–Trinajstić information content (AvgIpc) is 1.96. The molecule has 0 heterocycles. The van der Waals surface area contributed by atoms with Crippen LogP contribution in [0.5, 0.6) is 0 Å². The summed E-state index contributed by atoms with van der Waals surface area (Å²) < 4.78 is 36.1. The van der Waals surface area contributed by atoms with Crippen LogP contribution in [0.4, 0.5) is 13.2 Å². The van der Waals surface area contributed by atoms with Crippen LogP contribution in [0.3, 0.4) is 0 Å². The van der Waals surface area contributed by atoms with E-state index in [1.54, 1.807) is 0 Å². The summed E-state index contributed by atoms with van der Waals surface area (Å²) in [6.45, 7) is 0.893. The molecule has 6 heteroatoms. The number of rotatable bonds is 5. The highest BCUT2D eigenvalue weighted by Gasteiger charge is 2.31. The quantitative estimate of drug-likeness (QED) is 0.729. The number of thiocarbonyl (C=S) groups is 1. The summed E-state index contributed by atoms with van der Waals surface area (Å²) in [5, 5.41) is 0. The van der Waals surface area contributed by atoms with Gasteiger partial charge in [-0.2, -0.15) is 13.2 Å². The van der Waals surface area contributed by atoms with Gasteiger partial charge in [0.05, 0.1) is 11.5 Å². The highest BCUT2D eigenvalue weighted by atomic mass is 32.1. The maximum atomic E-state index is 12.0. The molecule has 0 aliphatic rings. The molecule has 0 rings (SSSR count). The Hall–Kier alpha value is -0.360. The molecule has 0 aromatic rings. The van der Waals surface area contributed by atoms with Gasteiger partial charge in [0, 0.05) is 12.5 Å². The molecular weight excluding hydrogens is 213 g/mol. The second-order valence-electron chi connectivity index (χ2n) is 3.26. The number of halogens is 3. The topological polar surface area (TPSA) is 29.3 Å². The number of nitrogens with two attached hydrogens (primary N) is 1. The molecule has 84 valence electrons. The Morgan fingerprint density at radius 3 is 2.29 bits per heavy atom. The summed E-state index contributed by atoms with van der Waals surface area (Å²) in [6.07, 6.45) is -3.24. The fourth-order valence-electron chi connectivity index (χ4n) is 1.26. The van der Waals surface area contributed by atoms with Gasteiger partial charge in [-0.3, -0.25) is 4.90 Å². The zero-order valence-corrected chi connectivity index (χ0v) is 9.08. The molecule has 14 heavy (non-hydrogen) atoms. The predicted molar refractivity (Wildman–Crippen MR) is 54.2 cm³/mol. The number of hydrogen-bond donors (Lipinski definition) is 1. The van der Waals surface area contributed by atoms with Crippen molar-refractivity contribution in [2.75, 3.05) is 13.6 Å². The smallest absolute Gasteiger partial charge is 0.393 e. The first kappa shape index (κ1) is 13.6. The van der Waals surface area contributed by atoms with Crippen LogP contribution >= 0.6 is 12.2 Å². The third kappa shape index (κ3) is 6.15. The van der Waals surface area contributed by atoms with E-state index in [9.17, 15) is 13.2 Å². The largest absolute Gasteiger partial charge is 0.401 e. The van der Waals surface area contributed by atoms with Crippen molar-refractivity contribution in [3.8, 4) is 0 Å². The summed E-state index contributed by atoms with van der Waals surface area (Å²) in [6, 6.07) is -0.228. The third-order valence-corrected chi connectivity index (χ3v) is 2.13. The molecule has 0 aliphatic heterocycles. The second kappa shape index (κ2) is 5.50. The number of nitrogens with zero attached hydrogens (tertiary/aromatic N) is 1. The third-order valence-electron chi connectivity index (χ3n) is 1.96. The van der Waals surface area contributed by atoms with Crippen LogP contribution in [0.25, 0.3) is 0 Å². The van der Waals surface area contributed by atoms with Gasteiger partial charge in [-0.25, -0.2) is 0 Å². The van der Waals surface area contributed by atoms with Gasteiger partial charge in [-0.15, -0.1) is 0 Å². The highest BCUT2D eigenvalue weighted by Crippen LogP contribution is 2.18. The fourth-order valence-corrected chi connectivity index (χ4v) is 1.45. The SMILES string of the molecule is CCC(CC(N)=S)N(C)CC(F)(F)F. The number of alkyl halides is 3. The molecule has 1 unspecified atom stereocenters. The summed E-state index contributed by atoms with van der Waals surface area (Å²) in [5.74, 6) is 0.